The first-order valence-electron chi connectivity index (χ1n) is 9.11. The van der Waals surface area contributed by atoms with Gasteiger partial charge in [0.05, 0.1) is 23.4 Å². The lowest BCUT2D eigenvalue weighted by atomic mass is 10.2. The van der Waals surface area contributed by atoms with Gasteiger partial charge in [0.1, 0.15) is 5.75 Å². The van der Waals surface area contributed by atoms with Gasteiger partial charge in [-0.3, -0.25) is 14.9 Å². The van der Waals surface area contributed by atoms with Crippen LogP contribution in [0.3, 0.4) is 0 Å². The SMILES string of the molecule is COc1ccc(-c2csc(N3N=C(C)C(N=Nc4ccccc4[N+](=O)[O-])C3=O)n2)cc1. The molecule has 1 aliphatic rings. The van der Waals surface area contributed by atoms with Gasteiger partial charge in [0.15, 0.2) is 11.7 Å². The number of hydrogen-bond donors (Lipinski definition) is 0. The van der Waals surface area contributed by atoms with Crippen molar-refractivity contribution in [2.45, 2.75) is 13.0 Å². The Morgan fingerprint density at radius 2 is 1.94 bits per heavy atom. The number of carbonyl (C=O) groups is 1. The number of hydrazone groups is 1. The molecule has 0 saturated heterocycles. The van der Waals surface area contributed by atoms with Gasteiger partial charge in [-0.2, -0.15) is 15.2 Å². The third-order valence-electron chi connectivity index (χ3n) is 4.51. The van der Waals surface area contributed by atoms with Crippen molar-refractivity contribution < 1.29 is 14.5 Å². The van der Waals surface area contributed by atoms with Gasteiger partial charge in [0.25, 0.3) is 11.6 Å². The first-order chi connectivity index (χ1) is 15.0. The van der Waals surface area contributed by atoms with E-state index in [1.165, 1.54) is 34.5 Å². The van der Waals surface area contributed by atoms with Gasteiger partial charge < -0.3 is 4.74 Å². The van der Waals surface area contributed by atoms with E-state index in [0.717, 1.165) is 11.3 Å². The van der Waals surface area contributed by atoms with E-state index in [1.807, 2.05) is 29.6 Å². The van der Waals surface area contributed by atoms with Crippen molar-refractivity contribution in [1.82, 2.24) is 4.98 Å². The summed E-state index contributed by atoms with van der Waals surface area (Å²) in [6.07, 6.45) is 0. The van der Waals surface area contributed by atoms with Gasteiger partial charge in [-0.1, -0.05) is 12.1 Å². The number of carbonyl (C=O) groups excluding carboxylic acids is 1. The summed E-state index contributed by atoms with van der Waals surface area (Å²) in [5.74, 6) is 0.316. The molecule has 156 valence electrons. The summed E-state index contributed by atoms with van der Waals surface area (Å²) in [4.78, 5) is 27.9. The van der Waals surface area contributed by atoms with Crippen molar-refractivity contribution in [2.75, 3.05) is 12.1 Å². The molecule has 11 heteroatoms. The summed E-state index contributed by atoms with van der Waals surface area (Å²) < 4.78 is 5.16. The molecule has 1 amide bonds. The summed E-state index contributed by atoms with van der Waals surface area (Å²) in [6.45, 7) is 1.65. The minimum absolute atomic E-state index is 0.0718. The molecule has 0 saturated carbocycles. The van der Waals surface area contributed by atoms with Crippen LogP contribution in [0, 0.1) is 10.1 Å². The van der Waals surface area contributed by atoms with E-state index in [-0.39, 0.29) is 11.4 Å². The van der Waals surface area contributed by atoms with E-state index in [1.54, 1.807) is 20.1 Å². The normalized spacial score (nSPS) is 16.1. The smallest absolute Gasteiger partial charge is 0.296 e. The van der Waals surface area contributed by atoms with Crippen molar-refractivity contribution in [3.05, 3.63) is 64.0 Å². The minimum atomic E-state index is -0.965. The number of nitro groups is 1. The number of amides is 1. The zero-order valence-corrected chi connectivity index (χ0v) is 17.3. The molecule has 0 N–H and O–H groups in total. The standard InChI is InChI=1S/C20H16N6O4S/c1-12-18(23-22-15-5-3-4-6-17(15)26(28)29)19(27)25(24-12)20-21-16(11-31-20)13-7-9-14(30-2)10-8-13/h3-11,18H,1-2H3. The van der Waals surface area contributed by atoms with Crippen molar-refractivity contribution in [1.29, 1.82) is 0 Å². The molecule has 2 heterocycles. The van der Waals surface area contributed by atoms with E-state index in [2.05, 4.69) is 20.3 Å². The molecule has 3 aromatic rings. The van der Waals surface area contributed by atoms with Crippen LogP contribution in [0.1, 0.15) is 6.92 Å². The maximum Gasteiger partial charge on any atom is 0.296 e. The molecule has 31 heavy (non-hydrogen) atoms. The molecule has 1 atom stereocenters. The third kappa shape index (κ3) is 4.03. The predicted octanol–water partition coefficient (Wildman–Crippen LogP) is 4.60. The number of ether oxygens (including phenoxy) is 1. The molecule has 2 aromatic carbocycles. The highest BCUT2D eigenvalue weighted by atomic mass is 32.1. The maximum atomic E-state index is 12.9. The molecule has 10 nitrogen and oxygen atoms in total. The van der Waals surface area contributed by atoms with Crippen LogP contribution in [0.2, 0.25) is 0 Å². The highest BCUT2D eigenvalue weighted by molar-refractivity contribution is 7.14. The number of anilines is 1. The Hall–Kier alpha value is -3.99. The molecular weight excluding hydrogens is 420 g/mol. The van der Waals surface area contributed by atoms with Crippen LogP contribution in [0.5, 0.6) is 5.75 Å². The lowest BCUT2D eigenvalue weighted by Gasteiger charge is -2.08. The van der Waals surface area contributed by atoms with Crippen LogP contribution in [0.4, 0.5) is 16.5 Å². The number of nitrogens with zero attached hydrogens (tertiary/aromatic N) is 6. The molecule has 0 bridgehead atoms. The minimum Gasteiger partial charge on any atom is -0.497 e. The van der Waals surface area contributed by atoms with E-state index >= 15 is 0 Å². The lowest BCUT2D eigenvalue weighted by Crippen LogP contribution is -2.29. The summed E-state index contributed by atoms with van der Waals surface area (Å²) in [5.41, 5.74) is 1.89. The number of methoxy groups -OCH3 is 1. The van der Waals surface area contributed by atoms with Gasteiger partial charge in [-0.25, -0.2) is 4.98 Å². The average Bonchev–Trinajstić information content (AvgIpc) is 3.37. The summed E-state index contributed by atoms with van der Waals surface area (Å²) in [7, 11) is 1.60. The van der Waals surface area contributed by atoms with Crippen LogP contribution in [-0.2, 0) is 4.79 Å². The van der Waals surface area contributed by atoms with E-state index in [4.69, 9.17) is 4.74 Å². The van der Waals surface area contributed by atoms with Crippen LogP contribution in [0.25, 0.3) is 11.3 Å². The molecular formula is C20H16N6O4S. The number of hydrogen-bond acceptors (Lipinski definition) is 9. The Balaban J connectivity index is 1.54. The second-order valence-corrected chi connectivity index (χ2v) is 7.34. The first-order valence-corrected chi connectivity index (χ1v) is 9.99. The average molecular weight is 436 g/mol. The van der Waals surface area contributed by atoms with Gasteiger partial charge in [-0.15, -0.1) is 16.5 Å². The van der Waals surface area contributed by atoms with Gasteiger partial charge in [0.2, 0.25) is 5.13 Å². The molecule has 0 aliphatic carbocycles. The fourth-order valence-electron chi connectivity index (χ4n) is 2.91. The number of rotatable bonds is 6. The van der Waals surface area contributed by atoms with Crippen molar-refractivity contribution in [3.8, 4) is 17.0 Å². The fourth-order valence-corrected chi connectivity index (χ4v) is 3.69. The number of aromatic nitrogens is 1. The quantitative estimate of drug-likeness (QED) is 0.317. The highest BCUT2D eigenvalue weighted by Crippen LogP contribution is 2.32. The molecule has 1 unspecified atom stereocenters. The van der Waals surface area contributed by atoms with Gasteiger partial charge >= 0.3 is 0 Å². The number of para-hydroxylation sites is 1. The molecule has 0 fully saturated rings. The summed E-state index contributed by atoms with van der Waals surface area (Å²) in [5, 5.41) is 26.8. The topological polar surface area (TPSA) is 123 Å². The van der Waals surface area contributed by atoms with Crippen molar-refractivity contribution in [3.63, 3.8) is 0 Å². The van der Waals surface area contributed by atoms with Crippen LogP contribution >= 0.6 is 11.3 Å². The zero-order valence-electron chi connectivity index (χ0n) is 16.5. The van der Waals surface area contributed by atoms with Gasteiger partial charge in [0, 0.05) is 17.0 Å². The largest absolute Gasteiger partial charge is 0.497 e. The monoisotopic (exact) mass is 436 g/mol. The Labute approximate surface area is 180 Å². The van der Waals surface area contributed by atoms with E-state index in [0.29, 0.717) is 16.5 Å². The number of azo groups is 1. The van der Waals surface area contributed by atoms with Crippen molar-refractivity contribution in [2.24, 2.45) is 15.3 Å². The second kappa shape index (κ2) is 8.40. The van der Waals surface area contributed by atoms with Crippen molar-refractivity contribution >= 4 is 39.5 Å². The predicted molar refractivity (Wildman–Crippen MR) is 116 cm³/mol. The Morgan fingerprint density at radius 1 is 1.19 bits per heavy atom. The highest BCUT2D eigenvalue weighted by Gasteiger charge is 2.36. The zero-order chi connectivity index (χ0) is 22.0. The molecule has 1 aromatic heterocycles. The molecule has 0 spiro atoms. The second-order valence-electron chi connectivity index (χ2n) is 6.50. The molecule has 0 radical (unpaired) electrons. The Morgan fingerprint density at radius 3 is 2.65 bits per heavy atom. The van der Waals surface area contributed by atoms with Crippen LogP contribution < -0.4 is 9.75 Å². The number of benzene rings is 2. The van der Waals surface area contributed by atoms with E-state index < -0.39 is 16.9 Å². The Kier molecular flexibility index (Phi) is 5.50. The maximum absolute atomic E-state index is 12.9. The Bertz CT molecular complexity index is 1200. The fraction of sp³-hybridized carbons (Fsp3) is 0.150. The summed E-state index contributed by atoms with van der Waals surface area (Å²) in [6, 6.07) is 12.4. The van der Waals surface area contributed by atoms with E-state index in [9.17, 15) is 14.9 Å². The summed E-state index contributed by atoms with van der Waals surface area (Å²) >= 11 is 1.27. The molecule has 4 rings (SSSR count). The van der Waals surface area contributed by atoms with Crippen LogP contribution in [0.15, 0.2) is 69.2 Å². The third-order valence-corrected chi connectivity index (χ3v) is 5.33. The molecule has 1 aliphatic heterocycles. The lowest BCUT2D eigenvalue weighted by molar-refractivity contribution is -0.384. The van der Waals surface area contributed by atoms with Gasteiger partial charge in [-0.05, 0) is 37.3 Å². The first kappa shape index (κ1) is 20.3. The number of nitro benzene ring substituents is 1. The number of thiazole rings is 1. The van der Waals surface area contributed by atoms with Crippen LogP contribution in [-0.4, -0.2) is 34.7 Å².